The Bertz CT molecular complexity index is 463. The van der Waals surface area contributed by atoms with Gasteiger partial charge in [-0.25, -0.2) is 0 Å². The number of unbranched alkanes of at least 4 members (excludes halogenated alkanes) is 14. The third-order valence-electron chi connectivity index (χ3n) is 6.84. The summed E-state index contributed by atoms with van der Waals surface area (Å²) >= 11 is 0. The quantitative estimate of drug-likeness (QED) is 0.0960. The van der Waals surface area contributed by atoms with Crippen molar-refractivity contribution in [1.29, 1.82) is 0 Å². The highest BCUT2D eigenvalue weighted by atomic mass is 16.5. The molecule has 0 fully saturated rings. The Morgan fingerprint density at radius 2 is 1.06 bits per heavy atom. The van der Waals surface area contributed by atoms with Crippen LogP contribution in [0.2, 0.25) is 0 Å². The first-order valence-electron chi connectivity index (χ1n) is 14.9. The monoisotopic (exact) mass is 482 g/mol. The van der Waals surface area contributed by atoms with Gasteiger partial charge in [0.15, 0.2) is 0 Å². The molecule has 0 saturated heterocycles. The van der Waals surface area contributed by atoms with Gasteiger partial charge >= 0.3 is 11.9 Å². The van der Waals surface area contributed by atoms with Gasteiger partial charge in [-0.05, 0) is 38.0 Å². The molecule has 0 rings (SSSR count). The van der Waals surface area contributed by atoms with E-state index in [0.29, 0.717) is 25.4 Å². The molecule has 4 heteroatoms. The SMILES string of the molecule is CCCCCCCCCCCCOC(=O)CCCCCCCCC(=O)OC(CC)C(C)CCC. The Hall–Kier alpha value is -1.06. The fraction of sp³-hybridized carbons (Fsp3) is 0.933. The van der Waals surface area contributed by atoms with Crippen molar-refractivity contribution in [3.05, 3.63) is 0 Å². The molecule has 0 bridgehead atoms. The van der Waals surface area contributed by atoms with Gasteiger partial charge in [-0.3, -0.25) is 9.59 Å². The van der Waals surface area contributed by atoms with Gasteiger partial charge in [0.05, 0.1) is 6.61 Å². The Balaban J connectivity index is 3.44. The van der Waals surface area contributed by atoms with Gasteiger partial charge in [0.1, 0.15) is 6.10 Å². The Morgan fingerprint density at radius 3 is 1.56 bits per heavy atom. The average Bonchev–Trinajstić information content (AvgIpc) is 2.82. The van der Waals surface area contributed by atoms with Crippen LogP contribution in [0.3, 0.4) is 0 Å². The number of carbonyl (C=O) groups excluding carboxylic acids is 2. The van der Waals surface area contributed by atoms with Crippen molar-refractivity contribution in [2.75, 3.05) is 6.61 Å². The van der Waals surface area contributed by atoms with E-state index in [4.69, 9.17) is 9.47 Å². The predicted octanol–water partition coefficient (Wildman–Crippen LogP) is 9.33. The largest absolute Gasteiger partial charge is 0.466 e. The lowest BCUT2D eigenvalue weighted by Crippen LogP contribution is -2.24. The molecule has 0 aliphatic heterocycles. The maximum atomic E-state index is 12.1. The first kappa shape index (κ1) is 32.9. The smallest absolute Gasteiger partial charge is 0.306 e. The lowest BCUT2D eigenvalue weighted by molar-refractivity contribution is -0.152. The lowest BCUT2D eigenvalue weighted by atomic mass is 9.97. The summed E-state index contributed by atoms with van der Waals surface area (Å²) in [5, 5.41) is 0. The molecule has 0 aliphatic rings. The summed E-state index contributed by atoms with van der Waals surface area (Å²) in [6.07, 6.45) is 23.4. The Kier molecular flexibility index (Phi) is 24.3. The van der Waals surface area contributed by atoms with Crippen LogP contribution < -0.4 is 0 Å². The number of hydrogen-bond acceptors (Lipinski definition) is 4. The zero-order chi connectivity index (χ0) is 25.3. The molecular weight excluding hydrogens is 424 g/mol. The molecule has 0 aromatic heterocycles. The van der Waals surface area contributed by atoms with Crippen molar-refractivity contribution in [3.8, 4) is 0 Å². The second-order valence-electron chi connectivity index (χ2n) is 10.2. The molecule has 0 N–H and O–H groups in total. The summed E-state index contributed by atoms with van der Waals surface area (Å²) in [5.74, 6) is 0.363. The summed E-state index contributed by atoms with van der Waals surface area (Å²) in [6.45, 7) is 9.29. The van der Waals surface area contributed by atoms with E-state index >= 15 is 0 Å². The van der Waals surface area contributed by atoms with Gasteiger partial charge in [-0.1, -0.05) is 118 Å². The van der Waals surface area contributed by atoms with Crippen LogP contribution in [0.1, 0.15) is 163 Å². The summed E-state index contributed by atoms with van der Waals surface area (Å²) in [6, 6.07) is 0. The van der Waals surface area contributed by atoms with E-state index in [2.05, 4.69) is 27.7 Å². The highest BCUT2D eigenvalue weighted by Crippen LogP contribution is 2.18. The van der Waals surface area contributed by atoms with E-state index in [9.17, 15) is 9.59 Å². The van der Waals surface area contributed by atoms with Gasteiger partial charge in [0.2, 0.25) is 0 Å². The molecule has 2 atom stereocenters. The molecule has 0 amide bonds. The van der Waals surface area contributed by atoms with Crippen LogP contribution in [0.15, 0.2) is 0 Å². The molecule has 0 aliphatic carbocycles. The van der Waals surface area contributed by atoms with Crippen LogP contribution in [-0.4, -0.2) is 24.6 Å². The second kappa shape index (κ2) is 25.0. The molecule has 0 radical (unpaired) electrons. The number of carbonyl (C=O) groups is 2. The Labute approximate surface area is 212 Å². The van der Waals surface area contributed by atoms with E-state index in [0.717, 1.165) is 64.2 Å². The van der Waals surface area contributed by atoms with E-state index in [1.54, 1.807) is 0 Å². The lowest BCUT2D eigenvalue weighted by Gasteiger charge is -2.22. The molecule has 0 aromatic carbocycles. The average molecular weight is 483 g/mol. The summed E-state index contributed by atoms with van der Waals surface area (Å²) in [5.41, 5.74) is 0. The fourth-order valence-corrected chi connectivity index (χ4v) is 4.56. The first-order chi connectivity index (χ1) is 16.5. The zero-order valence-corrected chi connectivity index (χ0v) is 23.3. The van der Waals surface area contributed by atoms with Crippen LogP contribution in [0, 0.1) is 5.92 Å². The molecule has 0 spiro atoms. The number of rotatable bonds is 25. The molecule has 0 aromatic rings. The van der Waals surface area contributed by atoms with E-state index in [-0.39, 0.29) is 18.0 Å². The summed E-state index contributed by atoms with van der Waals surface area (Å²) in [7, 11) is 0. The fourth-order valence-electron chi connectivity index (χ4n) is 4.56. The van der Waals surface area contributed by atoms with Crippen LogP contribution >= 0.6 is 0 Å². The van der Waals surface area contributed by atoms with Gasteiger partial charge in [-0.2, -0.15) is 0 Å². The molecule has 34 heavy (non-hydrogen) atoms. The first-order valence-corrected chi connectivity index (χ1v) is 14.9. The van der Waals surface area contributed by atoms with Crippen LogP contribution in [0.25, 0.3) is 0 Å². The number of ether oxygens (including phenoxy) is 2. The standard InChI is InChI=1S/C30H58O4/c1-5-8-9-10-11-12-13-16-19-22-26-33-29(31)24-20-17-14-15-18-21-25-30(32)34-28(7-3)27(4)23-6-2/h27-28H,5-26H2,1-4H3. The predicted molar refractivity (Wildman–Crippen MR) is 144 cm³/mol. The topological polar surface area (TPSA) is 52.6 Å². The maximum Gasteiger partial charge on any atom is 0.306 e. The molecule has 0 saturated carbocycles. The highest BCUT2D eigenvalue weighted by molar-refractivity contribution is 5.69. The van der Waals surface area contributed by atoms with Gasteiger partial charge < -0.3 is 9.47 Å². The van der Waals surface area contributed by atoms with Gasteiger partial charge in [-0.15, -0.1) is 0 Å². The number of hydrogen-bond donors (Lipinski definition) is 0. The normalized spacial score (nSPS) is 12.9. The number of esters is 2. The van der Waals surface area contributed by atoms with Crippen LogP contribution in [-0.2, 0) is 19.1 Å². The van der Waals surface area contributed by atoms with Crippen LogP contribution in [0.5, 0.6) is 0 Å². The van der Waals surface area contributed by atoms with Crippen molar-refractivity contribution < 1.29 is 19.1 Å². The third kappa shape index (κ3) is 21.5. The minimum atomic E-state index is -0.0417. The van der Waals surface area contributed by atoms with Crippen molar-refractivity contribution in [2.45, 2.75) is 169 Å². The Morgan fingerprint density at radius 1 is 0.588 bits per heavy atom. The van der Waals surface area contributed by atoms with E-state index < -0.39 is 0 Å². The van der Waals surface area contributed by atoms with Crippen molar-refractivity contribution in [3.63, 3.8) is 0 Å². The summed E-state index contributed by atoms with van der Waals surface area (Å²) < 4.78 is 11.0. The minimum Gasteiger partial charge on any atom is -0.466 e. The maximum absolute atomic E-state index is 12.1. The van der Waals surface area contributed by atoms with Crippen molar-refractivity contribution in [1.82, 2.24) is 0 Å². The second-order valence-corrected chi connectivity index (χ2v) is 10.2. The highest BCUT2D eigenvalue weighted by Gasteiger charge is 2.18. The van der Waals surface area contributed by atoms with Gasteiger partial charge in [0, 0.05) is 12.8 Å². The molecule has 4 nitrogen and oxygen atoms in total. The van der Waals surface area contributed by atoms with Gasteiger partial charge in [0.25, 0.3) is 0 Å². The third-order valence-corrected chi connectivity index (χ3v) is 6.84. The molecule has 0 heterocycles. The van der Waals surface area contributed by atoms with E-state index in [1.807, 2.05) is 0 Å². The van der Waals surface area contributed by atoms with Crippen molar-refractivity contribution in [2.24, 2.45) is 5.92 Å². The van der Waals surface area contributed by atoms with E-state index in [1.165, 1.54) is 57.8 Å². The molecule has 2 unspecified atom stereocenters. The summed E-state index contributed by atoms with van der Waals surface area (Å²) in [4.78, 5) is 23.9. The zero-order valence-electron chi connectivity index (χ0n) is 23.3. The molecular formula is C30H58O4. The molecule has 202 valence electrons. The minimum absolute atomic E-state index is 0.0403. The van der Waals surface area contributed by atoms with Crippen LogP contribution in [0.4, 0.5) is 0 Å². The van der Waals surface area contributed by atoms with Crippen molar-refractivity contribution >= 4 is 11.9 Å².